The molecule has 2 heterocycles. The smallest absolute Gasteiger partial charge is 0.243 e. The van der Waals surface area contributed by atoms with Gasteiger partial charge in [-0.1, -0.05) is 19.3 Å². The van der Waals surface area contributed by atoms with Crippen molar-refractivity contribution in [1.29, 1.82) is 0 Å². The van der Waals surface area contributed by atoms with Gasteiger partial charge in [0.25, 0.3) is 0 Å². The molecule has 0 aliphatic carbocycles. The zero-order valence-corrected chi connectivity index (χ0v) is 10.1. The lowest BCUT2D eigenvalue weighted by Gasteiger charge is -2.20. The van der Waals surface area contributed by atoms with E-state index in [2.05, 4.69) is 20.7 Å². The molecule has 1 unspecified atom stereocenters. The van der Waals surface area contributed by atoms with Crippen molar-refractivity contribution >= 4 is 11.9 Å². The maximum Gasteiger partial charge on any atom is 0.243 e. The second-order valence-corrected chi connectivity index (χ2v) is 4.41. The van der Waals surface area contributed by atoms with Crippen molar-refractivity contribution in [2.45, 2.75) is 38.1 Å². The topological polar surface area (TPSA) is 71.8 Å². The predicted molar refractivity (Wildman–Crippen MR) is 64.5 cm³/mol. The molecule has 0 aromatic carbocycles. The molecule has 1 saturated heterocycles. The average molecular weight is 237 g/mol. The van der Waals surface area contributed by atoms with E-state index in [9.17, 15) is 4.79 Å². The Labute approximate surface area is 101 Å². The van der Waals surface area contributed by atoms with Crippen LogP contribution in [0, 0.1) is 0 Å². The summed E-state index contributed by atoms with van der Waals surface area (Å²) in [6.07, 6.45) is 7.04. The van der Waals surface area contributed by atoms with E-state index in [1.54, 1.807) is 11.7 Å². The number of amides is 1. The molecule has 1 aliphatic rings. The molecule has 17 heavy (non-hydrogen) atoms. The van der Waals surface area contributed by atoms with E-state index in [1.165, 1.54) is 19.2 Å². The standard InChI is InChI=1S/C11H19N5O/c1-16-11(13-8-14-16)15-10(17)9-6-4-2-3-5-7-12-9/h8-9,12H,2-7H2,1H3,(H,13,14,15,17). The summed E-state index contributed by atoms with van der Waals surface area (Å²) in [6, 6.07) is -0.105. The van der Waals surface area contributed by atoms with Gasteiger partial charge in [-0.05, 0) is 19.4 Å². The van der Waals surface area contributed by atoms with Gasteiger partial charge in [0.15, 0.2) is 0 Å². The Morgan fingerprint density at radius 3 is 3.06 bits per heavy atom. The Kier molecular flexibility index (Phi) is 4.08. The van der Waals surface area contributed by atoms with Crippen LogP contribution in [0.2, 0.25) is 0 Å². The molecule has 6 heteroatoms. The number of nitrogens with zero attached hydrogens (tertiary/aromatic N) is 3. The highest BCUT2D eigenvalue weighted by atomic mass is 16.2. The molecule has 1 fully saturated rings. The highest BCUT2D eigenvalue weighted by Gasteiger charge is 2.19. The molecule has 0 saturated carbocycles. The zero-order valence-electron chi connectivity index (χ0n) is 10.1. The predicted octanol–water partition coefficient (Wildman–Crippen LogP) is 0.676. The van der Waals surface area contributed by atoms with Crippen molar-refractivity contribution in [3.8, 4) is 0 Å². The highest BCUT2D eigenvalue weighted by Crippen LogP contribution is 2.11. The molecule has 0 spiro atoms. The van der Waals surface area contributed by atoms with E-state index in [-0.39, 0.29) is 11.9 Å². The van der Waals surface area contributed by atoms with Crippen LogP contribution in [-0.4, -0.2) is 33.3 Å². The first kappa shape index (κ1) is 12.0. The molecule has 1 aromatic heterocycles. The number of anilines is 1. The summed E-state index contributed by atoms with van der Waals surface area (Å²) in [7, 11) is 1.76. The van der Waals surface area contributed by atoms with E-state index in [0.717, 1.165) is 25.8 Å². The Hall–Kier alpha value is -1.43. The summed E-state index contributed by atoms with van der Waals surface area (Å²) in [6.45, 7) is 0.914. The van der Waals surface area contributed by atoms with Gasteiger partial charge in [0.05, 0.1) is 6.04 Å². The van der Waals surface area contributed by atoms with Crippen LogP contribution in [0.5, 0.6) is 0 Å². The van der Waals surface area contributed by atoms with Crippen LogP contribution in [0.15, 0.2) is 6.33 Å². The van der Waals surface area contributed by atoms with Crippen LogP contribution >= 0.6 is 0 Å². The second-order valence-electron chi connectivity index (χ2n) is 4.41. The fourth-order valence-electron chi connectivity index (χ4n) is 2.04. The van der Waals surface area contributed by atoms with Crippen molar-refractivity contribution in [3.05, 3.63) is 6.33 Å². The Bertz CT molecular complexity index is 368. The first-order valence-corrected chi connectivity index (χ1v) is 6.15. The molecular weight excluding hydrogens is 218 g/mol. The fourth-order valence-corrected chi connectivity index (χ4v) is 2.04. The van der Waals surface area contributed by atoms with Crippen LogP contribution in [0.25, 0.3) is 0 Å². The monoisotopic (exact) mass is 237 g/mol. The Balaban J connectivity index is 1.91. The van der Waals surface area contributed by atoms with Gasteiger partial charge in [-0.15, -0.1) is 0 Å². The molecule has 94 valence electrons. The zero-order chi connectivity index (χ0) is 12.1. The molecule has 1 aliphatic heterocycles. The lowest BCUT2D eigenvalue weighted by atomic mass is 10.0. The normalized spacial score (nSPS) is 21.6. The van der Waals surface area contributed by atoms with Crippen LogP contribution in [0.4, 0.5) is 5.95 Å². The maximum atomic E-state index is 12.0. The molecule has 0 bridgehead atoms. The fraction of sp³-hybridized carbons (Fsp3) is 0.727. The van der Waals surface area contributed by atoms with Crippen LogP contribution in [0.3, 0.4) is 0 Å². The van der Waals surface area contributed by atoms with Crippen LogP contribution in [0.1, 0.15) is 32.1 Å². The van der Waals surface area contributed by atoms with Crippen LogP contribution in [-0.2, 0) is 11.8 Å². The SMILES string of the molecule is Cn1ncnc1NC(=O)C1CCCCCCN1. The second kappa shape index (κ2) is 5.77. The van der Waals surface area contributed by atoms with E-state index in [0.29, 0.717) is 5.95 Å². The molecule has 6 nitrogen and oxygen atoms in total. The third kappa shape index (κ3) is 3.26. The molecule has 2 rings (SSSR count). The third-order valence-electron chi connectivity index (χ3n) is 3.07. The Morgan fingerprint density at radius 1 is 1.47 bits per heavy atom. The summed E-state index contributed by atoms with van der Waals surface area (Å²) >= 11 is 0. The number of rotatable bonds is 2. The molecule has 2 N–H and O–H groups in total. The minimum Gasteiger partial charge on any atom is -0.306 e. The molecular formula is C11H19N5O. The van der Waals surface area contributed by atoms with Crippen molar-refractivity contribution in [1.82, 2.24) is 20.1 Å². The number of aryl methyl sites for hydroxylation is 1. The molecule has 0 radical (unpaired) electrons. The van der Waals surface area contributed by atoms with Crippen molar-refractivity contribution in [2.24, 2.45) is 7.05 Å². The van der Waals surface area contributed by atoms with Crippen molar-refractivity contribution in [3.63, 3.8) is 0 Å². The lowest BCUT2D eigenvalue weighted by Crippen LogP contribution is -2.42. The summed E-state index contributed by atoms with van der Waals surface area (Å²) in [5, 5.41) is 10.00. The van der Waals surface area contributed by atoms with Gasteiger partial charge in [-0.3, -0.25) is 10.1 Å². The van der Waals surface area contributed by atoms with Gasteiger partial charge in [0.2, 0.25) is 11.9 Å². The summed E-state index contributed by atoms with van der Waals surface area (Å²) in [5.41, 5.74) is 0. The number of aromatic nitrogens is 3. The Morgan fingerprint density at radius 2 is 2.29 bits per heavy atom. The molecule has 1 aromatic rings. The average Bonchev–Trinajstić information content (AvgIpc) is 2.63. The van der Waals surface area contributed by atoms with Gasteiger partial charge < -0.3 is 5.32 Å². The van der Waals surface area contributed by atoms with E-state index in [1.807, 2.05) is 0 Å². The van der Waals surface area contributed by atoms with E-state index in [4.69, 9.17) is 0 Å². The van der Waals surface area contributed by atoms with Gasteiger partial charge in [-0.2, -0.15) is 10.1 Å². The minimum absolute atomic E-state index is 0.0111. The van der Waals surface area contributed by atoms with Gasteiger partial charge in [0.1, 0.15) is 6.33 Å². The van der Waals surface area contributed by atoms with E-state index < -0.39 is 0 Å². The number of carbonyl (C=O) groups excluding carboxylic acids is 1. The van der Waals surface area contributed by atoms with E-state index >= 15 is 0 Å². The molecule has 1 amide bonds. The van der Waals surface area contributed by atoms with Gasteiger partial charge in [0, 0.05) is 7.05 Å². The number of hydrogen-bond acceptors (Lipinski definition) is 4. The summed E-state index contributed by atoms with van der Waals surface area (Å²) < 4.78 is 1.56. The largest absolute Gasteiger partial charge is 0.306 e. The van der Waals surface area contributed by atoms with Crippen molar-refractivity contribution < 1.29 is 4.79 Å². The minimum atomic E-state index is -0.105. The van der Waals surface area contributed by atoms with Crippen molar-refractivity contribution in [2.75, 3.05) is 11.9 Å². The molecule has 1 atom stereocenters. The summed E-state index contributed by atoms with van der Waals surface area (Å²) in [5.74, 6) is 0.488. The number of nitrogens with one attached hydrogen (secondary N) is 2. The maximum absolute atomic E-state index is 12.0. The number of carbonyl (C=O) groups is 1. The first-order chi connectivity index (χ1) is 8.27. The lowest BCUT2D eigenvalue weighted by molar-refractivity contribution is -0.118. The number of hydrogen-bond donors (Lipinski definition) is 2. The first-order valence-electron chi connectivity index (χ1n) is 6.15. The summed E-state index contributed by atoms with van der Waals surface area (Å²) in [4.78, 5) is 16.0. The van der Waals surface area contributed by atoms with Crippen LogP contribution < -0.4 is 10.6 Å². The third-order valence-corrected chi connectivity index (χ3v) is 3.07. The van der Waals surface area contributed by atoms with Gasteiger partial charge in [-0.25, -0.2) is 4.68 Å². The quantitative estimate of drug-likeness (QED) is 0.793. The van der Waals surface area contributed by atoms with Gasteiger partial charge >= 0.3 is 0 Å². The highest BCUT2D eigenvalue weighted by molar-refractivity contribution is 5.93.